The molecule has 4 rings (SSSR count). The largest absolute Gasteiger partial charge is 0.484 e. The molecule has 188 valence electrons. The number of carbonyl (C=O) groups excluding carboxylic acids is 2. The van der Waals surface area contributed by atoms with Gasteiger partial charge in [-0.1, -0.05) is 29.6 Å². The minimum Gasteiger partial charge on any atom is -0.484 e. The summed E-state index contributed by atoms with van der Waals surface area (Å²) in [6, 6.07) is 6.52. The van der Waals surface area contributed by atoms with Crippen LogP contribution in [0.5, 0.6) is 11.5 Å². The van der Waals surface area contributed by atoms with Gasteiger partial charge in [-0.3, -0.25) is 9.59 Å². The predicted octanol–water partition coefficient (Wildman–Crippen LogP) is 4.41. The number of nitrogens with one attached hydrogen (secondary N) is 2. The third-order valence-corrected chi connectivity index (χ3v) is 7.05. The number of aromatic nitrogens is 1. The zero-order chi connectivity index (χ0) is 25.2. The van der Waals surface area contributed by atoms with Gasteiger partial charge >= 0.3 is 6.18 Å². The van der Waals surface area contributed by atoms with Crippen LogP contribution in [0.4, 0.5) is 13.2 Å². The van der Waals surface area contributed by atoms with Crippen molar-refractivity contribution in [3.05, 3.63) is 52.3 Å². The van der Waals surface area contributed by atoms with Gasteiger partial charge in [0.25, 0.3) is 11.8 Å². The van der Waals surface area contributed by atoms with Crippen LogP contribution in [0.2, 0.25) is 10.0 Å². The maximum absolute atomic E-state index is 12.6. The van der Waals surface area contributed by atoms with Crippen molar-refractivity contribution < 1.29 is 32.2 Å². The van der Waals surface area contributed by atoms with E-state index in [1.807, 2.05) is 0 Å². The monoisotopic (exact) mass is 531 g/mol. The number of rotatable bonds is 8. The van der Waals surface area contributed by atoms with E-state index >= 15 is 0 Å². The molecule has 2 aliphatic carbocycles. The Kier molecular flexibility index (Phi) is 7.32. The Bertz CT molecular complexity index is 1100. The van der Waals surface area contributed by atoms with E-state index in [0.717, 1.165) is 37.6 Å². The quantitative estimate of drug-likeness (QED) is 0.526. The molecular weight excluding hydrogens is 510 g/mol. The second-order valence-corrected chi connectivity index (χ2v) is 9.43. The lowest BCUT2D eigenvalue weighted by Gasteiger charge is -2.52. The fourth-order valence-electron chi connectivity index (χ4n) is 4.73. The normalized spacial score (nSPS) is 23.1. The number of amides is 2. The van der Waals surface area contributed by atoms with Crippen molar-refractivity contribution in [1.29, 1.82) is 0 Å². The molecule has 2 aromatic rings. The van der Waals surface area contributed by atoms with Crippen molar-refractivity contribution in [3.63, 3.8) is 0 Å². The lowest BCUT2D eigenvalue weighted by Crippen LogP contribution is -2.69. The number of pyridine rings is 1. The molecule has 2 N–H and O–H groups in total. The highest BCUT2D eigenvalue weighted by Gasteiger charge is 2.57. The molecule has 2 fully saturated rings. The molecule has 1 heterocycles. The summed E-state index contributed by atoms with van der Waals surface area (Å²) >= 11 is 11.8. The fraction of sp³-hybridized carbons (Fsp3) is 0.435. The summed E-state index contributed by atoms with van der Waals surface area (Å²) in [7, 11) is 0. The van der Waals surface area contributed by atoms with Gasteiger partial charge in [-0.05, 0) is 43.5 Å². The Labute approximate surface area is 209 Å². The number of benzene rings is 1. The van der Waals surface area contributed by atoms with E-state index in [0.29, 0.717) is 22.2 Å². The molecule has 12 heteroatoms. The van der Waals surface area contributed by atoms with E-state index in [4.69, 9.17) is 32.7 Å². The van der Waals surface area contributed by atoms with E-state index < -0.39 is 23.3 Å². The van der Waals surface area contributed by atoms with Gasteiger partial charge in [0.15, 0.2) is 13.2 Å². The van der Waals surface area contributed by atoms with Gasteiger partial charge in [-0.2, -0.15) is 13.2 Å². The number of alkyl halides is 3. The van der Waals surface area contributed by atoms with Crippen molar-refractivity contribution in [2.24, 2.45) is 5.92 Å². The van der Waals surface area contributed by atoms with Crippen LogP contribution in [0.15, 0.2) is 36.5 Å². The minimum absolute atomic E-state index is 0.0613. The maximum Gasteiger partial charge on any atom is 0.433 e. The summed E-state index contributed by atoms with van der Waals surface area (Å²) in [6.45, 7) is -0.536. The molecule has 3 atom stereocenters. The van der Waals surface area contributed by atoms with Gasteiger partial charge < -0.3 is 20.1 Å². The van der Waals surface area contributed by atoms with Crippen molar-refractivity contribution >= 4 is 35.0 Å². The van der Waals surface area contributed by atoms with Crippen LogP contribution in [-0.2, 0) is 15.8 Å². The molecule has 0 aliphatic heterocycles. The molecule has 0 saturated heterocycles. The molecule has 0 radical (unpaired) electrons. The molecule has 1 aromatic carbocycles. The molecule has 2 saturated carbocycles. The SMILES string of the molecule is O=C(COc1ccc(C(F)(F)F)nc1)NC1CC2(NC(=O)COc3ccc(Cl)c(Cl)c3)CCCC12. The van der Waals surface area contributed by atoms with Crippen LogP contribution >= 0.6 is 23.2 Å². The van der Waals surface area contributed by atoms with E-state index in [2.05, 4.69) is 15.6 Å². The molecule has 7 nitrogen and oxygen atoms in total. The molecular formula is C23H22Cl2F3N3O4. The number of carbonyl (C=O) groups is 2. The molecule has 0 bridgehead atoms. The number of hydrogen-bond acceptors (Lipinski definition) is 5. The smallest absolute Gasteiger partial charge is 0.433 e. The van der Waals surface area contributed by atoms with Crippen molar-refractivity contribution in [3.8, 4) is 11.5 Å². The van der Waals surface area contributed by atoms with Gasteiger partial charge in [0, 0.05) is 23.6 Å². The van der Waals surface area contributed by atoms with Crippen molar-refractivity contribution in [2.75, 3.05) is 13.2 Å². The van der Waals surface area contributed by atoms with E-state index in [1.165, 1.54) is 6.07 Å². The van der Waals surface area contributed by atoms with Crippen molar-refractivity contribution in [2.45, 2.75) is 43.4 Å². The highest BCUT2D eigenvalue weighted by Crippen LogP contribution is 2.50. The lowest BCUT2D eigenvalue weighted by atomic mass is 9.64. The predicted molar refractivity (Wildman–Crippen MR) is 121 cm³/mol. The first kappa shape index (κ1) is 25.4. The molecule has 35 heavy (non-hydrogen) atoms. The highest BCUT2D eigenvalue weighted by molar-refractivity contribution is 6.42. The summed E-state index contributed by atoms with van der Waals surface area (Å²) in [5.41, 5.74) is -1.43. The Morgan fingerprint density at radius 3 is 2.46 bits per heavy atom. The molecule has 1 aromatic heterocycles. The van der Waals surface area contributed by atoms with E-state index in [1.54, 1.807) is 12.1 Å². The van der Waals surface area contributed by atoms with Crippen LogP contribution in [0, 0.1) is 5.92 Å². The number of ether oxygens (including phenoxy) is 2. The topological polar surface area (TPSA) is 89.5 Å². The summed E-state index contributed by atoms with van der Waals surface area (Å²) in [4.78, 5) is 28.1. The molecule has 2 amide bonds. The fourth-order valence-corrected chi connectivity index (χ4v) is 5.02. The number of halogens is 5. The summed E-state index contributed by atoms with van der Waals surface area (Å²) in [5.74, 6) is -0.105. The third kappa shape index (κ3) is 5.92. The molecule has 2 aliphatic rings. The standard InChI is InChI=1S/C23H22Cl2F3N3O4/c24-16-5-3-13(8-17(16)25)34-12-21(33)31-22-7-1-2-15(22)18(9-22)30-20(32)11-35-14-4-6-19(29-10-14)23(26,27)28/h3-6,8,10,15,18H,1-2,7,9,11-12H2,(H,30,32)(H,31,33). The molecule has 0 spiro atoms. The minimum atomic E-state index is -4.54. The van der Waals surface area contributed by atoms with Gasteiger partial charge in [0.1, 0.15) is 17.2 Å². The molecule has 3 unspecified atom stereocenters. The highest BCUT2D eigenvalue weighted by atomic mass is 35.5. The van der Waals surface area contributed by atoms with Gasteiger partial charge in [-0.15, -0.1) is 0 Å². The summed E-state index contributed by atoms with van der Waals surface area (Å²) in [5, 5.41) is 6.67. The second kappa shape index (κ2) is 10.1. The Balaban J connectivity index is 1.23. The van der Waals surface area contributed by atoms with E-state index in [9.17, 15) is 22.8 Å². The van der Waals surface area contributed by atoms with Gasteiger partial charge in [0.2, 0.25) is 0 Å². The van der Waals surface area contributed by atoms with Crippen LogP contribution in [-0.4, -0.2) is 41.6 Å². The van der Waals surface area contributed by atoms with Crippen molar-refractivity contribution in [1.82, 2.24) is 15.6 Å². The Morgan fingerprint density at radius 1 is 1.06 bits per heavy atom. The van der Waals surface area contributed by atoms with Crippen LogP contribution in [0.25, 0.3) is 0 Å². The number of hydrogen-bond donors (Lipinski definition) is 2. The number of fused-ring (bicyclic) bond motifs is 1. The zero-order valence-electron chi connectivity index (χ0n) is 18.3. The Hall–Kier alpha value is -2.72. The Morgan fingerprint density at radius 2 is 1.77 bits per heavy atom. The van der Waals surface area contributed by atoms with Crippen LogP contribution in [0.3, 0.4) is 0 Å². The van der Waals surface area contributed by atoms with Crippen LogP contribution < -0.4 is 20.1 Å². The maximum atomic E-state index is 12.6. The average molecular weight is 532 g/mol. The third-order valence-electron chi connectivity index (χ3n) is 6.31. The first-order valence-corrected chi connectivity index (χ1v) is 11.7. The summed E-state index contributed by atoms with van der Waals surface area (Å²) in [6.07, 6.45) is -0.475. The lowest BCUT2D eigenvalue weighted by molar-refractivity contribution is -0.141. The van der Waals surface area contributed by atoms with Crippen LogP contribution in [0.1, 0.15) is 31.4 Å². The average Bonchev–Trinajstić information content (AvgIpc) is 3.12. The van der Waals surface area contributed by atoms with Gasteiger partial charge in [0.05, 0.1) is 16.2 Å². The second-order valence-electron chi connectivity index (χ2n) is 8.61. The number of nitrogens with zero attached hydrogens (tertiary/aromatic N) is 1. The van der Waals surface area contributed by atoms with Gasteiger partial charge in [-0.25, -0.2) is 4.98 Å². The first-order valence-electron chi connectivity index (χ1n) is 10.9. The summed E-state index contributed by atoms with van der Waals surface area (Å²) < 4.78 is 48.5. The zero-order valence-corrected chi connectivity index (χ0v) is 19.8. The van der Waals surface area contributed by atoms with E-state index in [-0.39, 0.29) is 36.8 Å². The first-order chi connectivity index (χ1) is 16.6.